The lowest BCUT2D eigenvalue weighted by atomic mass is 10.1. The van der Waals surface area contributed by atoms with Gasteiger partial charge in [0.2, 0.25) is 0 Å². The molecule has 1 aliphatic heterocycles. The summed E-state index contributed by atoms with van der Waals surface area (Å²) in [6.45, 7) is 2.01. The van der Waals surface area contributed by atoms with Crippen LogP contribution in [-0.2, 0) is 11.3 Å². The van der Waals surface area contributed by atoms with E-state index >= 15 is 0 Å². The number of nitrogens with one attached hydrogen (secondary N) is 1. The molecule has 5 heteroatoms. The summed E-state index contributed by atoms with van der Waals surface area (Å²) in [4.78, 5) is 0. The normalized spacial score (nSPS) is 19.5. The fourth-order valence-electron chi connectivity index (χ4n) is 2.35. The molecule has 1 N–H and O–H groups in total. The van der Waals surface area contributed by atoms with Crippen molar-refractivity contribution in [1.29, 1.82) is 0 Å². The van der Waals surface area contributed by atoms with Crippen molar-refractivity contribution in [1.82, 2.24) is 15.1 Å². The van der Waals surface area contributed by atoms with Gasteiger partial charge in [-0.3, -0.25) is 4.68 Å². The number of rotatable bonds is 2. The lowest BCUT2D eigenvalue weighted by molar-refractivity contribution is 0.0195. The molecule has 0 saturated heterocycles. The zero-order chi connectivity index (χ0) is 11.8. The second kappa shape index (κ2) is 4.09. The van der Waals surface area contributed by atoms with E-state index in [1.54, 1.807) is 6.07 Å². The number of hydrogen-bond donors (Lipinski definition) is 1. The van der Waals surface area contributed by atoms with Gasteiger partial charge < -0.3 is 10.1 Å². The maximum absolute atomic E-state index is 13.7. The summed E-state index contributed by atoms with van der Waals surface area (Å²) < 4.78 is 21.2. The Kier molecular flexibility index (Phi) is 2.57. The molecule has 17 heavy (non-hydrogen) atoms. The average molecular weight is 235 g/mol. The zero-order valence-electron chi connectivity index (χ0n) is 9.61. The highest BCUT2D eigenvalue weighted by Crippen LogP contribution is 2.30. The molecule has 0 saturated carbocycles. The first-order valence-corrected chi connectivity index (χ1v) is 5.72. The Bertz CT molecular complexity index is 552. The summed E-state index contributed by atoms with van der Waals surface area (Å²) in [5.41, 5.74) is 1.41. The van der Waals surface area contributed by atoms with Crippen LogP contribution in [0.1, 0.15) is 11.8 Å². The van der Waals surface area contributed by atoms with Crippen molar-refractivity contribution < 1.29 is 9.13 Å². The molecule has 0 fully saturated rings. The monoisotopic (exact) mass is 235 g/mol. The minimum absolute atomic E-state index is 0.0550. The first kappa shape index (κ1) is 10.7. The third-order valence-corrected chi connectivity index (χ3v) is 3.08. The van der Waals surface area contributed by atoms with Crippen LogP contribution in [0.15, 0.2) is 18.2 Å². The molecular formula is C12H14FN3O. The van der Waals surface area contributed by atoms with Crippen LogP contribution in [0.3, 0.4) is 0 Å². The van der Waals surface area contributed by atoms with Crippen molar-refractivity contribution in [2.75, 3.05) is 20.2 Å². The van der Waals surface area contributed by atoms with Crippen LogP contribution in [0, 0.1) is 5.82 Å². The molecule has 2 heterocycles. The summed E-state index contributed by atoms with van der Waals surface area (Å²) in [6, 6.07) is 5.05. The topological polar surface area (TPSA) is 39.1 Å². The molecule has 0 unspecified atom stereocenters. The Labute approximate surface area is 98.4 Å². The van der Waals surface area contributed by atoms with E-state index in [1.165, 1.54) is 6.07 Å². The number of halogens is 1. The lowest BCUT2D eigenvalue weighted by Crippen LogP contribution is -2.28. The van der Waals surface area contributed by atoms with E-state index in [2.05, 4.69) is 10.4 Å². The van der Waals surface area contributed by atoms with Crippen molar-refractivity contribution in [2.45, 2.75) is 12.6 Å². The molecule has 3 rings (SSSR count). The number of benzene rings is 1. The molecule has 4 nitrogen and oxygen atoms in total. The third-order valence-electron chi connectivity index (χ3n) is 3.08. The number of aromatic nitrogens is 2. The summed E-state index contributed by atoms with van der Waals surface area (Å²) in [5.74, 6) is -0.271. The van der Waals surface area contributed by atoms with Crippen LogP contribution in [0.25, 0.3) is 10.9 Å². The van der Waals surface area contributed by atoms with Gasteiger partial charge in [-0.05, 0) is 13.1 Å². The quantitative estimate of drug-likeness (QED) is 0.856. The van der Waals surface area contributed by atoms with Gasteiger partial charge in [0.25, 0.3) is 0 Å². The van der Waals surface area contributed by atoms with Crippen molar-refractivity contribution >= 4 is 10.9 Å². The number of fused-ring (bicyclic) bond motifs is 3. The predicted octanol–water partition coefficient (Wildman–Crippen LogP) is 1.47. The fraction of sp³-hybridized carbons (Fsp3) is 0.417. The molecule has 0 radical (unpaired) electrons. The minimum atomic E-state index is -0.271. The highest BCUT2D eigenvalue weighted by Gasteiger charge is 2.25. The van der Waals surface area contributed by atoms with Gasteiger partial charge in [-0.15, -0.1) is 0 Å². The first-order chi connectivity index (χ1) is 8.31. The highest BCUT2D eigenvalue weighted by molar-refractivity contribution is 5.82. The van der Waals surface area contributed by atoms with Crippen LogP contribution in [0.5, 0.6) is 0 Å². The predicted molar refractivity (Wildman–Crippen MR) is 62.3 cm³/mol. The second-order valence-electron chi connectivity index (χ2n) is 4.16. The molecule has 1 atom stereocenters. The molecule has 2 aromatic rings. The molecule has 1 aliphatic rings. The van der Waals surface area contributed by atoms with Crippen LogP contribution >= 0.6 is 0 Å². The molecule has 1 aromatic heterocycles. The van der Waals surface area contributed by atoms with Gasteiger partial charge in [-0.2, -0.15) is 5.10 Å². The Balaban J connectivity index is 2.20. The number of ether oxygens (including phenoxy) is 1. The van der Waals surface area contributed by atoms with Crippen LogP contribution < -0.4 is 5.32 Å². The van der Waals surface area contributed by atoms with Crippen molar-refractivity contribution in [3.63, 3.8) is 0 Å². The maximum Gasteiger partial charge on any atom is 0.151 e. The molecule has 0 spiro atoms. The fourth-order valence-corrected chi connectivity index (χ4v) is 2.35. The smallest absolute Gasteiger partial charge is 0.151 e. The van der Waals surface area contributed by atoms with E-state index < -0.39 is 0 Å². The van der Waals surface area contributed by atoms with E-state index in [0.29, 0.717) is 25.2 Å². The first-order valence-electron chi connectivity index (χ1n) is 5.72. The lowest BCUT2D eigenvalue weighted by Gasteiger charge is -2.24. The number of nitrogens with zero attached hydrogens (tertiary/aromatic N) is 2. The summed E-state index contributed by atoms with van der Waals surface area (Å²) in [5, 5.41) is 8.26. The van der Waals surface area contributed by atoms with E-state index in [1.807, 2.05) is 17.8 Å². The van der Waals surface area contributed by atoms with E-state index in [9.17, 15) is 4.39 Å². The van der Waals surface area contributed by atoms with Crippen molar-refractivity contribution in [2.24, 2.45) is 0 Å². The van der Waals surface area contributed by atoms with Crippen LogP contribution in [0.4, 0.5) is 4.39 Å². The van der Waals surface area contributed by atoms with E-state index in [4.69, 9.17) is 4.74 Å². The third kappa shape index (κ3) is 1.62. The summed E-state index contributed by atoms with van der Waals surface area (Å²) >= 11 is 0. The van der Waals surface area contributed by atoms with Gasteiger partial charge in [0, 0.05) is 11.9 Å². The minimum Gasteiger partial charge on any atom is -0.369 e. The van der Waals surface area contributed by atoms with Crippen molar-refractivity contribution in [3.8, 4) is 0 Å². The average Bonchev–Trinajstić information content (AvgIpc) is 2.71. The van der Waals surface area contributed by atoms with Gasteiger partial charge in [0.15, 0.2) is 5.82 Å². The Morgan fingerprint density at radius 1 is 1.59 bits per heavy atom. The number of hydrogen-bond acceptors (Lipinski definition) is 3. The Morgan fingerprint density at radius 2 is 2.47 bits per heavy atom. The molecular weight excluding hydrogens is 221 g/mol. The van der Waals surface area contributed by atoms with Gasteiger partial charge in [0.05, 0.1) is 18.8 Å². The standard InChI is InChI=1S/C12H14FN3O/c1-14-7-10-12-8-3-2-4-9(13)11(8)15-16(12)5-6-17-10/h2-4,10,14H,5-7H2,1H3/t10-/m0/s1. The van der Waals surface area contributed by atoms with Gasteiger partial charge in [0.1, 0.15) is 11.6 Å². The summed E-state index contributed by atoms with van der Waals surface area (Å²) in [6.07, 6.45) is -0.0550. The van der Waals surface area contributed by atoms with Crippen molar-refractivity contribution in [3.05, 3.63) is 29.7 Å². The van der Waals surface area contributed by atoms with Gasteiger partial charge in [-0.25, -0.2) is 4.39 Å². The molecule has 90 valence electrons. The van der Waals surface area contributed by atoms with Gasteiger partial charge >= 0.3 is 0 Å². The highest BCUT2D eigenvalue weighted by atomic mass is 19.1. The van der Waals surface area contributed by atoms with E-state index in [0.717, 1.165) is 11.1 Å². The molecule has 0 bridgehead atoms. The number of likely N-dealkylation sites (N-methyl/N-ethyl adjacent to an activating group) is 1. The van der Waals surface area contributed by atoms with Gasteiger partial charge in [-0.1, -0.05) is 12.1 Å². The summed E-state index contributed by atoms with van der Waals surface area (Å²) in [7, 11) is 1.88. The zero-order valence-corrected chi connectivity index (χ0v) is 9.61. The second-order valence-corrected chi connectivity index (χ2v) is 4.16. The van der Waals surface area contributed by atoms with Crippen LogP contribution in [0.2, 0.25) is 0 Å². The largest absolute Gasteiger partial charge is 0.369 e. The SMILES string of the molecule is CNC[C@@H]1OCCn2nc3c(F)cccc3c21. The molecule has 1 aromatic carbocycles. The Hall–Kier alpha value is -1.46. The van der Waals surface area contributed by atoms with Crippen LogP contribution in [-0.4, -0.2) is 30.0 Å². The molecule has 0 aliphatic carbocycles. The Morgan fingerprint density at radius 3 is 3.29 bits per heavy atom. The van der Waals surface area contributed by atoms with E-state index in [-0.39, 0.29) is 11.9 Å². The maximum atomic E-state index is 13.7. The molecule has 0 amide bonds.